The summed E-state index contributed by atoms with van der Waals surface area (Å²) in [5.41, 5.74) is 11.0. The molecule has 14 heavy (non-hydrogen) atoms. The summed E-state index contributed by atoms with van der Waals surface area (Å²) < 4.78 is 4.89. The summed E-state index contributed by atoms with van der Waals surface area (Å²) in [6.07, 6.45) is 0. The van der Waals surface area contributed by atoms with Gasteiger partial charge in [-0.1, -0.05) is 0 Å². The molecular formula is C8H12N4O2. The molecule has 1 rings (SSSR count). The van der Waals surface area contributed by atoms with Crippen LogP contribution in [0.5, 0.6) is 5.88 Å². The van der Waals surface area contributed by atoms with Crippen molar-refractivity contribution in [2.24, 2.45) is 5.73 Å². The minimum atomic E-state index is -0.478. The van der Waals surface area contributed by atoms with E-state index in [1.807, 2.05) is 0 Å². The van der Waals surface area contributed by atoms with Gasteiger partial charge in [0.25, 0.3) is 0 Å². The molecule has 0 saturated heterocycles. The zero-order valence-electron chi connectivity index (χ0n) is 7.78. The first-order valence-corrected chi connectivity index (χ1v) is 3.96. The molecule has 0 unspecified atom stereocenters. The van der Waals surface area contributed by atoms with Crippen LogP contribution in [-0.2, 0) is 4.79 Å². The molecule has 0 radical (unpaired) electrons. The third-order valence-electron chi connectivity index (χ3n) is 1.54. The van der Waals surface area contributed by atoms with Crippen molar-refractivity contribution < 1.29 is 9.53 Å². The van der Waals surface area contributed by atoms with E-state index in [0.717, 1.165) is 0 Å². The molecule has 1 amide bonds. The number of pyridine rings is 1. The van der Waals surface area contributed by atoms with Crippen molar-refractivity contribution in [3.63, 3.8) is 0 Å². The highest BCUT2D eigenvalue weighted by atomic mass is 16.5. The molecule has 5 N–H and O–H groups in total. The third-order valence-corrected chi connectivity index (χ3v) is 1.54. The molecule has 0 atom stereocenters. The fourth-order valence-electron chi connectivity index (χ4n) is 0.878. The number of carbonyl (C=O) groups is 1. The van der Waals surface area contributed by atoms with Crippen LogP contribution < -0.4 is 21.5 Å². The number of rotatable bonds is 4. The lowest BCUT2D eigenvalue weighted by Gasteiger charge is -2.07. The van der Waals surface area contributed by atoms with Crippen LogP contribution in [-0.4, -0.2) is 24.5 Å². The van der Waals surface area contributed by atoms with Gasteiger partial charge in [-0.3, -0.25) is 4.79 Å². The maximum atomic E-state index is 10.5. The van der Waals surface area contributed by atoms with Crippen LogP contribution in [0.15, 0.2) is 12.1 Å². The van der Waals surface area contributed by atoms with Gasteiger partial charge in [0.2, 0.25) is 11.8 Å². The number of hydrogen-bond donors (Lipinski definition) is 3. The summed E-state index contributed by atoms with van der Waals surface area (Å²) >= 11 is 0. The van der Waals surface area contributed by atoms with Gasteiger partial charge in [0.15, 0.2) is 5.82 Å². The molecular weight excluding hydrogens is 184 g/mol. The highest BCUT2D eigenvalue weighted by Gasteiger charge is 2.03. The zero-order chi connectivity index (χ0) is 10.6. The first kappa shape index (κ1) is 10.1. The molecule has 0 bridgehead atoms. The lowest BCUT2D eigenvalue weighted by molar-refractivity contribution is -0.116. The van der Waals surface area contributed by atoms with Gasteiger partial charge in [-0.25, -0.2) is 0 Å². The number of nitrogens with one attached hydrogen (secondary N) is 1. The van der Waals surface area contributed by atoms with E-state index in [4.69, 9.17) is 16.2 Å². The lowest BCUT2D eigenvalue weighted by Crippen LogP contribution is -2.22. The molecule has 0 fully saturated rings. The molecule has 0 spiro atoms. The van der Waals surface area contributed by atoms with Gasteiger partial charge in [0, 0.05) is 6.07 Å². The van der Waals surface area contributed by atoms with E-state index in [2.05, 4.69) is 10.3 Å². The van der Waals surface area contributed by atoms with Gasteiger partial charge in [-0.15, -0.1) is 0 Å². The first-order chi connectivity index (χ1) is 6.63. The fourth-order valence-corrected chi connectivity index (χ4v) is 0.878. The number of anilines is 2. The van der Waals surface area contributed by atoms with E-state index < -0.39 is 5.91 Å². The standard InChI is InChI=1S/C8H12N4O2/c1-14-7-3-2-5(9)8(12-7)11-4-6(10)13/h2-3H,4,9H2,1H3,(H2,10,13)(H,11,12). The predicted octanol–water partition coefficient (Wildman–Crippen LogP) is -0.430. The summed E-state index contributed by atoms with van der Waals surface area (Å²) in [4.78, 5) is 14.5. The Morgan fingerprint density at radius 2 is 2.36 bits per heavy atom. The van der Waals surface area contributed by atoms with Gasteiger partial charge >= 0.3 is 0 Å². The average Bonchev–Trinajstić information content (AvgIpc) is 2.16. The van der Waals surface area contributed by atoms with Crippen LogP contribution in [0.25, 0.3) is 0 Å². The normalized spacial score (nSPS) is 9.50. The molecule has 6 nitrogen and oxygen atoms in total. The van der Waals surface area contributed by atoms with Gasteiger partial charge in [0.05, 0.1) is 19.3 Å². The number of carbonyl (C=O) groups excluding carboxylic acids is 1. The molecule has 1 aromatic heterocycles. The Morgan fingerprint density at radius 1 is 1.64 bits per heavy atom. The quantitative estimate of drug-likeness (QED) is 0.606. The van der Waals surface area contributed by atoms with Crippen molar-refractivity contribution in [2.75, 3.05) is 24.7 Å². The number of nitrogens with zero attached hydrogens (tertiary/aromatic N) is 1. The Hall–Kier alpha value is -1.98. The lowest BCUT2D eigenvalue weighted by atomic mass is 10.4. The van der Waals surface area contributed by atoms with Crippen LogP contribution >= 0.6 is 0 Å². The van der Waals surface area contributed by atoms with E-state index in [-0.39, 0.29) is 6.54 Å². The van der Waals surface area contributed by atoms with E-state index in [1.54, 1.807) is 12.1 Å². The van der Waals surface area contributed by atoms with Crippen LogP contribution in [0, 0.1) is 0 Å². The fraction of sp³-hybridized carbons (Fsp3) is 0.250. The number of ether oxygens (including phenoxy) is 1. The van der Waals surface area contributed by atoms with E-state index >= 15 is 0 Å². The number of methoxy groups -OCH3 is 1. The van der Waals surface area contributed by atoms with Crippen molar-refractivity contribution in [1.82, 2.24) is 4.98 Å². The Morgan fingerprint density at radius 3 is 2.93 bits per heavy atom. The van der Waals surface area contributed by atoms with Crippen LogP contribution in [0.4, 0.5) is 11.5 Å². The smallest absolute Gasteiger partial charge is 0.236 e. The molecule has 0 aliphatic carbocycles. The Balaban J connectivity index is 2.78. The summed E-state index contributed by atoms with van der Waals surface area (Å²) in [6, 6.07) is 3.26. The van der Waals surface area contributed by atoms with Crippen molar-refractivity contribution in [3.8, 4) is 5.88 Å². The molecule has 1 heterocycles. The van der Waals surface area contributed by atoms with Crippen LogP contribution in [0.3, 0.4) is 0 Å². The second-order valence-corrected chi connectivity index (χ2v) is 2.61. The largest absolute Gasteiger partial charge is 0.481 e. The minimum absolute atomic E-state index is 0.00956. The maximum Gasteiger partial charge on any atom is 0.236 e. The monoisotopic (exact) mass is 196 g/mol. The third kappa shape index (κ3) is 2.51. The minimum Gasteiger partial charge on any atom is -0.481 e. The molecule has 0 saturated carbocycles. The highest BCUT2D eigenvalue weighted by molar-refractivity contribution is 5.79. The Kier molecular flexibility index (Phi) is 3.11. The van der Waals surface area contributed by atoms with Crippen molar-refractivity contribution >= 4 is 17.4 Å². The summed E-state index contributed by atoms with van der Waals surface area (Å²) in [6.45, 7) is -0.00956. The van der Waals surface area contributed by atoms with Crippen molar-refractivity contribution in [1.29, 1.82) is 0 Å². The molecule has 0 aromatic carbocycles. The number of nitrogens with two attached hydrogens (primary N) is 2. The summed E-state index contributed by atoms with van der Waals surface area (Å²) in [5.74, 6) is 0.336. The number of amides is 1. The zero-order valence-corrected chi connectivity index (χ0v) is 7.78. The van der Waals surface area contributed by atoms with Crippen LogP contribution in [0.1, 0.15) is 0 Å². The number of aromatic nitrogens is 1. The van der Waals surface area contributed by atoms with E-state index in [0.29, 0.717) is 17.4 Å². The number of nitrogen functional groups attached to an aromatic ring is 1. The second kappa shape index (κ2) is 4.31. The average molecular weight is 196 g/mol. The van der Waals surface area contributed by atoms with Gasteiger partial charge in [0.1, 0.15) is 0 Å². The molecule has 0 aliphatic rings. The summed E-state index contributed by atoms with van der Waals surface area (Å²) in [7, 11) is 1.50. The maximum absolute atomic E-state index is 10.5. The number of hydrogen-bond acceptors (Lipinski definition) is 5. The van der Waals surface area contributed by atoms with Gasteiger partial charge in [-0.05, 0) is 6.07 Å². The Labute approximate surface area is 81.3 Å². The van der Waals surface area contributed by atoms with Crippen molar-refractivity contribution in [3.05, 3.63) is 12.1 Å². The molecule has 6 heteroatoms. The van der Waals surface area contributed by atoms with Gasteiger partial charge < -0.3 is 21.5 Å². The molecule has 1 aromatic rings. The summed E-state index contributed by atoms with van der Waals surface area (Å²) in [5, 5.41) is 2.70. The topological polar surface area (TPSA) is 103 Å². The Bertz CT molecular complexity index is 340. The SMILES string of the molecule is COc1ccc(N)c(NCC(N)=O)n1. The van der Waals surface area contributed by atoms with Crippen molar-refractivity contribution in [2.45, 2.75) is 0 Å². The molecule has 0 aliphatic heterocycles. The van der Waals surface area contributed by atoms with Crippen LogP contribution in [0.2, 0.25) is 0 Å². The first-order valence-electron chi connectivity index (χ1n) is 3.96. The highest BCUT2D eigenvalue weighted by Crippen LogP contribution is 2.18. The molecule has 76 valence electrons. The predicted molar refractivity (Wildman–Crippen MR) is 52.9 cm³/mol. The van der Waals surface area contributed by atoms with E-state index in [1.165, 1.54) is 7.11 Å². The number of primary amides is 1. The second-order valence-electron chi connectivity index (χ2n) is 2.61. The van der Waals surface area contributed by atoms with E-state index in [9.17, 15) is 4.79 Å². The van der Waals surface area contributed by atoms with Gasteiger partial charge in [-0.2, -0.15) is 4.98 Å².